The van der Waals surface area contributed by atoms with Gasteiger partial charge in [0.2, 0.25) is 5.91 Å². The molecule has 0 aromatic heterocycles. The minimum absolute atomic E-state index is 0.116. The summed E-state index contributed by atoms with van der Waals surface area (Å²) in [6.07, 6.45) is 6.72. The monoisotopic (exact) mass is 326 g/mol. The van der Waals surface area contributed by atoms with Crippen molar-refractivity contribution in [3.63, 3.8) is 0 Å². The van der Waals surface area contributed by atoms with Crippen molar-refractivity contribution >= 4 is 5.91 Å². The van der Waals surface area contributed by atoms with Gasteiger partial charge in [-0.2, -0.15) is 0 Å². The standard InChI is InChI=1S/C18H34N2O3/c1-14-6-8-20(9-7-14)12-16(21)11-19-18(22)13-23-17-5-3-4-15(2)10-17/h14-17,21H,3-13H2,1-2H3,(H,19,22). The molecule has 1 saturated heterocycles. The lowest BCUT2D eigenvalue weighted by Gasteiger charge is -2.31. The van der Waals surface area contributed by atoms with Gasteiger partial charge >= 0.3 is 0 Å². The van der Waals surface area contributed by atoms with Gasteiger partial charge in [-0.3, -0.25) is 4.79 Å². The molecule has 2 N–H and O–H groups in total. The molecular formula is C18H34N2O3. The van der Waals surface area contributed by atoms with Crippen molar-refractivity contribution in [2.24, 2.45) is 11.8 Å². The van der Waals surface area contributed by atoms with Crippen molar-refractivity contribution in [1.29, 1.82) is 0 Å². The third-order valence-corrected chi connectivity index (χ3v) is 5.22. The number of ether oxygens (including phenoxy) is 1. The highest BCUT2D eigenvalue weighted by atomic mass is 16.5. The van der Waals surface area contributed by atoms with Crippen LogP contribution in [0.4, 0.5) is 0 Å². The molecular weight excluding hydrogens is 292 g/mol. The SMILES string of the molecule is CC1CCN(CC(O)CNC(=O)COC2CCCC(C)C2)CC1. The smallest absolute Gasteiger partial charge is 0.246 e. The van der Waals surface area contributed by atoms with E-state index in [1.165, 1.54) is 25.7 Å². The summed E-state index contributed by atoms with van der Waals surface area (Å²) < 4.78 is 5.71. The first kappa shape index (κ1) is 18.7. The number of amides is 1. The zero-order valence-corrected chi connectivity index (χ0v) is 14.8. The van der Waals surface area contributed by atoms with E-state index in [2.05, 4.69) is 24.1 Å². The Labute approximate surface area is 140 Å². The lowest BCUT2D eigenvalue weighted by atomic mass is 9.89. The molecule has 0 spiro atoms. The normalized spacial score (nSPS) is 28.5. The summed E-state index contributed by atoms with van der Waals surface area (Å²) in [6, 6.07) is 0. The molecule has 134 valence electrons. The summed E-state index contributed by atoms with van der Waals surface area (Å²) in [4.78, 5) is 14.1. The fourth-order valence-electron chi connectivity index (χ4n) is 3.61. The van der Waals surface area contributed by atoms with Gasteiger partial charge in [0.1, 0.15) is 6.61 Å². The third kappa shape index (κ3) is 7.19. The number of aliphatic hydroxyl groups excluding tert-OH is 1. The van der Waals surface area contributed by atoms with E-state index in [1.54, 1.807) is 0 Å². The summed E-state index contributed by atoms with van der Waals surface area (Å²) in [7, 11) is 0. The number of hydrogen-bond donors (Lipinski definition) is 2. The first-order valence-corrected chi connectivity index (χ1v) is 9.31. The van der Waals surface area contributed by atoms with E-state index in [-0.39, 0.29) is 18.6 Å². The molecule has 1 saturated carbocycles. The van der Waals surface area contributed by atoms with Crippen LogP contribution in [0, 0.1) is 11.8 Å². The second-order valence-corrected chi connectivity index (χ2v) is 7.65. The Hall–Kier alpha value is -0.650. The number of rotatable bonds is 7. The Kier molecular flexibility index (Phi) is 7.80. The number of nitrogens with one attached hydrogen (secondary N) is 1. The van der Waals surface area contributed by atoms with Gasteiger partial charge in [0.05, 0.1) is 12.2 Å². The minimum atomic E-state index is -0.498. The lowest BCUT2D eigenvalue weighted by molar-refractivity contribution is -0.129. The predicted octanol–water partition coefficient (Wildman–Crippen LogP) is 1.79. The van der Waals surface area contributed by atoms with Crippen LogP contribution in [0.2, 0.25) is 0 Å². The van der Waals surface area contributed by atoms with Gasteiger partial charge in [-0.25, -0.2) is 0 Å². The Morgan fingerprint density at radius 2 is 1.96 bits per heavy atom. The number of aliphatic hydroxyl groups is 1. The number of β-amino-alcohol motifs (C(OH)–C–C–N with tert-alkyl or cyclic N) is 1. The molecule has 1 amide bonds. The molecule has 3 atom stereocenters. The molecule has 2 rings (SSSR count). The van der Waals surface area contributed by atoms with Crippen molar-refractivity contribution < 1.29 is 14.6 Å². The van der Waals surface area contributed by atoms with Crippen LogP contribution >= 0.6 is 0 Å². The maximum absolute atomic E-state index is 11.8. The highest BCUT2D eigenvalue weighted by Crippen LogP contribution is 2.25. The van der Waals surface area contributed by atoms with Crippen LogP contribution in [-0.2, 0) is 9.53 Å². The maximum atomic E-state index is 11.8. The van der Waals surface area contributed by atoms with Crippen LogP contribution < -0.4 is 5.32 Å². The molecule has 0 radical (unpaired) electrons. The quantitative estimate of drug-likeness (QED) is 0.749. The molecule has 0 aromatic rings. The van der Waals surface area contributed by atoms with E-state index in [9.17, 15) is 9.90 Å². The summed E-state index contributed by atoms with van der Waals surface area (Å²) in [5.74, 6) is 1.38. The third-order valence-electron chi connectivity index (χ3n) is 5.22. The minimum Gasteiger partial charge on any atom is -0.390 e. The number of carbonyl (C=O) groups excluding carboxylic acids is 1. The van der Waals surface area contributed by atoms with Gasteiger partial charge in [0.15, 0.2) is 0 Å². The molecule has 3 unspecified atom stereocenters. The molecule has 0 aromatic carbocycles. The van der Waals surface area contributed by atoms with Gasteiger partial charge in [-0.05, 0) is 50.6 Å². The summed E-state index contributed by atoms with van der Waals surface area (Å²) in [6.45, 7) is 7.70. The molecule has 2 aliphatic rings. The Morgan fingerprint density at radius 1 is 1.22 bits per heavy atom. The van der Waals surface area contributed by atoms with Crippen LogP contribution in [0.15, 0.2) is 0 Å². The largest absolute Gasteiger partial charge is 0.390 e. The maximum Gasteiger partial charge on any atom is 0.246 e. The van der Waals surface area contributed by atoms with Gasteiger partial charge in [0.25, 0.3) is 0 Å². The van der Waals surface area contributed by atoms with E-state index in [1.807, 2.05) is 0 Å². The van der Waals surface area contributed by atoms with Crippen LogP contribution in [0.3, 0.4) is 0 Å². The number of likely N-dealkylation sites (tertiary alicyclic amines) is 1. The van der Waals surface area contributed by atoms with Crippen molar-refractivity contribution in [3.05, 3.63) is 0 Å². The summed E-state index contributed by atoms with van der Waals surface area (Å²) in [5.41, 5.74) is 0. The van der Waals surface area contributed by atoms with Crippen molar-refractivity contribution in [2.75, 3.05) is 32.8 Å². The van der Waals surface area contributed by atoms with Crippen LogP contribution in [-0.4, -0.2) is 60.9 Å². The fraction of sp³-hybridized carbons (Fsp3) is 0.944. The predicted molar refractivity (Wildman–Crippen MR) is 91.2 cm³/mol. The Morgan fingerprint density at radius 3 is 2.65 bits per heavy atom. The zero-order valence-electron chi connectivity index (χ0n) is 14.8. The summed E-state index contributed by atoms with van der Waals surface area (Å²) in [5, 5.41) is 12.9. The van der Waals surface area contributed by atoms with Crippen LogP contribution in [0.5, 0.6) is 0 Å². The average molecular weight is 326 g/mol. The van der Waals surface area contributed by atoms with Crippen LogP contribution in [0.25, 0.3) is 0 Å². The molecule has 23 heavy (non-hydrogen) atoms. The number of nitrogens with zero attached hydrogens (tertiary/aromatic N) is 1. The lowest BCUT2D eigenvalue weighted by Crippen LogP contribution is -2.43. The van der Waals surface area contributed by atoms with Gasteiger partial charge in [-0.15, -0.1) is 0 Å². The average Bonchev–Trinajstić information content (AvgIpc) is 2.53. The first-order chi connectivity index (χ1) is 11.0. The van der Waals surface area contributed by atoms with Gasteiger partial charge in [-0.1, -0.05) is 26.7 Å². The van der Waals surface area contributed by atoms with E-state index >= 15 is 0 Å². The second-order valence-electron chi connectivity index (χ2n) is 7.65. The van der Waals surface area contributed by atoms with Crippen molar-refractivity contribution in [1.82, 2.24) is 10.2 Å². The van der Waals surface area contributed by atoms with E-state index in [0.717, 1.165) is 31.8 Å². The number of carbonyl (C=O) groups is 1. The van der Waals surface area contributed by atoms with Crippen molar-refractivity contribution in [3.8, 4) is 0 Å². The molecule has 1 aliphatic carbocycles. The fourth-order valence-corrected chi connectivity index (χ4v) is 3.61. The van der Waals surface area contributed by atoms with Gasteiger partial charge in [0, 0.05) is 13.1 Å². The van der Waals surface area contributed by atoms with E-state index < -0.39 is 6.10 Å². The number of piperidine rings is 1. The van der Waals surface area contributed by atoms with Gasteiger partial charge < -0.3 is 20.1 Å². The topological polar surface area (TPSA) is 61.8 Å². The Bertz CT molecular complexity index is 356. The second kappa shape index (κ2) is 9.60. The first-order valence-electron chi connectivity index (χ1n) is 9.31. The molecule has 5 heteroatoms. The van der Waals surface area contributed by atoms with Crippen LogP contribution in [0.1, 0.15) is 52.4 Å². The Balaban J connectivity index is 1.54. The molecule has 1 aliphatic heterocycles. The molecule has 2 fully saturated rings. The number of hydrogen-bond acceptors (Lipinski definition) is 4. The molecule has 1 heterocycles. The molecule has 0 bridgehead atoms. The highest BCUT2D eigenvalue weighted by Gasteiger charge is 2.21. The summed E-state index contributed by atoms with van der Waals surface area (Å²) >= 11 is 0. The highest BCUT2D eigenvalue weighted by molar-refractivity contribution is 5.77. The van der Waals surface area contributed by atoms with Crippen molar-refractivity contribution in [2.45, 2.75) is 64.6 Å². The molecule has 5 nitrogen and oxygen atoms in total. The van der Waals surface area contributed by atoms with E-state index in [4.69, 9.17) is 4.74 Å². The zero-order chi connectivity index (χ0) is 16.7. The van der Waals surface area contributed by atoms with E-state index in [0.29, 0.717) is 19.0 Å².